The molecule has 8 nitrogen and oxygen atoms in total. The van der Waals surface area contributed by atoms with E-state index in [1.807, 2.05) is 70.2 Å². The summed E-state index contributed by atoms with van der Waals surface area (Å²) >= 11 is 0. The summed E-state index contributed by atoms with van der Waals surface area (Å²) < 4.78 is 32.6. The Labute approximate surface area is 247 Å². The monoisotopic (exact) mass is 584 g/mol. The number of hydrogen-bond donors (Lipinski definition) is 3. The highest BCUT2D eigenvalue weighted by Gasteiger charge is 2.55. The number of hydrogen-bond acceptors (Lipinski definition) is 5. The van der Waals surface area contributed by atoms with Gasteiger partial charge in [-0.3, -0.25) is 9.57 Å². The highest BCUT2D eigenvalue weighted by Crippen LogP contribution is 2.57. The largest absolute Gasteiger partial charge is 0.497 e. The summed E-state index contributed by atoms with van der Waals surface area (Å²) in [6.45, 7) is 0.442. The van der Waals surface area contributed by atoms with Crippen LogP contribution < -0.4 is 14.4 Å². The molecule has 218 valence electrons. The lowest BCUT2D eigenvalue weighted by atomic mass is 9.65. The summed E-state index contributed by atoms with van der Waals surface area (Å²) in [5, 5.41) is 4.63. The molecule has 0 bridgehead atoms. The van der Waals surface area contributed by atoms with E-state index in [2.05, 4.69) is 17.2 Å². The van der Waals surface area contributed by atoms with Crippen LogP contribution >= 0.6 is 0 Å². The average molecular weight is 585 g/mol. The van der Waals surface area contributed by atoms with Crippen LogP contribution in [0, 0.1) is 4.78 Å². The second kappa shape index (κ2) is 10.4. The summed E-state index contributed by atoms with van der Waals surface area (Å²) in [4.78, 5) is 16.2. The number of para-hydroxylation sites is 1. The van der Waals surface area contributed by atoms with Gasteiger partial charge >= 0.3 is 0 Å². The number of nitrogens with zero attached hydrogens (tertiary/aromatic N) is 3. The van der Waals surface area contributed by atoms with E-state index < -0.39 is 15.5 Å². The lowest BCUT2D eigenvalue weighted by Crippen LogP contribution is -2.44. The first-order valence-corrected chi connectivity index (χ1v) is 16.7. The third-order valence-electron chi connectivity index (χ3n) is 9.10. The van der Waals surface area contributed by atoms with Gasteiger partial charge in [0, 0.05) is 17.1 Å². The van der Waals surface area contributed by atoms with Gasteiger partial charge in [0.25, 0.3) is 0 Å². The molecule has 0 unspecified atom stereocenters. The highest BCUT2D eigenvalue weighted by molar-refractivity contribution is 7.98. The molecule has 1 aromatic heterocycles. The molecule has 1 saturated heterocycles. The molecule has 3 heterocycles. The van der Waals surface area contributed by atoms with Crippen LogP contribution in [-0.4, -0.2) is 45.0 Å². The predicted octanol–water partition coefficient (Wildman–Crippen LogP) is 6.18. The number of aromatic nitrogens is 2. The maximum Gasteiger partial charge on any atom is 0.238 e. The van der Waals surface area contributed by atoms with E-state index in [4.69, 9.17) is 14.3 Å². The maximum absolute atomic E-state index is 14.3. The molecule has 3 aliphatic rings. The van der Waals surface area contributed by atoms with Crippen molar-refractivity contribution in [2.24, 2.45) is 0 Å². The standard InChI is InChI=1S/C33H36N4O4S/c1-40-26-10-8-23(9-11-26)22-36-31-28(33(32(36)38)15-5-16-33)20-24(21-30(31)41-27-13-18-42(34,39)19-14-27)29-12-17-35-37(29)25-6-3-2-4-7-25/h2-4,6-12,17,20-21,27,42H,5,13-16,18-19,22H2,1H3,(H2,34,39). The van der Waals surface area contributed by atoms with Crippen LogP contribution in [0.1, 0.15) is 43.2 Å². The number of rotatable bonds is 7. The van der Waals surface area contributed by atoms with Gasteiger partial charge in [-0.2, -0.15) is 5.10 Å². The molecular formula is C33H36N4O4S. The third kappa shape index (κ3) is 4.61. The van der Waals surface area contributed by atoms with Crippen LogP contribution in [0.5, 0.6) is 11.5 Å². The second-order valence-electron chi connectivity index (χ2n) is 11.7. The zero-order valence-corrected chi connectivity index (χ0v) is 24.6. The van der Waals surface area contributed by atoms with Crippen molar-refractivity contribution in [2.75, 3.05) is 23.5 Å². The van der Waals surface area contributed by atoms with Gasteiger partial charge in [0.2, 0.25) is 5.91 Å². The Morgan fingerprint density at radius 2 is 1.79 bits per heavy atom. The molecule has 2 fully saturated rings. The zero-order chi connectivity index (χ0) is 28.9. The Morgan fingerprint density at radius 1 is 1.05 bits per heavy atom. The van der Waals surface area contributed by atoms with Crippen LogP contribution in [-0.2, 0) is 26.9 Å². The number of methoxy groups -OCH3 is 1. The summed E-state index contributed by atoms with van der Waals surface area (Å²) in [5.74, 6) is 2.54. The van der Waals surface area contributed by atoms with Crippen molar-refractivity contribution in [2.45, 2.75) is 50.2 Å². The molecule has 0 atom stereocenters. The van der Waals surface area contributed by atoms with Crippen LogP contribution in [0.15, 0.2) is 79.0 Å². The fourth-order valence-corrected chi connectivity index (χ4v) is 8.26. The molecule has 1 spiro atoms. The van der Waals surface area contributed by atoms with Gasteiger partial charge in [-0.05, 0) is 79.3 Å². The Balaban J connectivity index is 1.35. The van der Waals surface area contributed by atoms with E-state index in [0.717, 1.165) is 58.8 Å². The SMILES string of the molecule is COc1ccc(CN2C(=O)C3(CCC3)c3cc(-c4ccnn4-c4ccccc4)cc(OC4CC[SH](=N)(O)CC4)c32)cc1. The van der Waals surface area contributed by atoms with E-state index in [1.165, 1.54) is 0 Å². The lowest BCUT2D eigenvalue weighted by Gasteiger charge is -2.37. The number of thiol groups is 1. The first-order chi connectivity index (χ1) is 20.4. The fraction of sp³-hybridized carbons (Fsp3) is 0.333. The van der Waals surface area contributed by atoms with Gasteiger partial charge in [-0.25, -0.2) is 4.68 Å². The number of benzene rings is 3. The minimum Gasteiger partial charge on any atom is -0.497 e. The van der Waals surface area contributed by atoms with Gasteiger partial charge in [-0.15, -0.1) is 10.1 Å². The van der Waals surface area contributed by atoms with Crippen LogP contribution in [0.4, 0.5) is 5.69 Å². The molecule has 2 N–H and O–H groups in total. The van der Waals surface area contributed by atoms with Crippen LogP contribution in [0.25, 0.3) is 16.9 Å². The fourth-order valence-electron chi connectivity index (χ4n) is 6.61. The molecule has 9 heteroatoms. The van der Waals surface area contributed by atoms with Crippen molar-refractivity contribution in [3.05, 3.63) is 90.1 Å². The molecular weight excluding hydrogens is 548 g/mol. The topological polar surface area (TPSA) is 101 Å². The Kier molecular flexibility index (Phi) is 6.66. The lowest BCUT2D eigenvalue weighted by molar-refractivity contribution is -0.126. The van der Waals surface area contributed by atoms with E-state index in [9.17, 15) is 9.35 Å². The van der Waals surface area contributed by atoms with E-state index in [1.54, 1.807) is 13.3 Å². The maximum atomic E-state index is 14.3. The van der Waals surface area contributed by atoms with E-state index in [0.29, 0.717) is 36.6 Å². The summed E-state index contributed by atoms with van der Waals surface area (Å²) in [6.07, 6.45) is 5.59. The van der Waals surface area contributed by atoms with Crippen molar-refractivity contribution in [1.82, 2.24) is 9.78 Å². The average Bonchev–Trinajstić information content (AvgIpc) is 3.56. The Hall–Kier alpha value is -3.95. The molecule has 4 aromatic rings. The van der Waals surface area contributed by atoms with Crippen molar-refractivity contribution >= 4 is 21.7 Å². The number of carbonyl (C=O) groups is 1. The van der Waals surface area contributed by atoms with Crippen molar-refractivity contribution in [3.8, 4) is 28.4 Å². The van der Waals surface area contributed by atoms with Gasteiger partial charge in [0.15, 0.2) is 0 Å². The summed E-state index contributed by atoms with van der Waals surface area (Å²) in [7, 11) is -0.944. The van der Waals surface area contributed by atoms with Crippen molar-refractivity contribution in [1.29, 1.82) is 4.78 Å². The van der Waals surface area contributed by atoms with E-state index >= 15 is 0 Å². The summed E-state index contributed by atoms with van der Waals surface area (Å²) in [5.41, 5.74) is 5.20. The third-order valence-corrected chi connectivity index (χ3v) is 11.1. The quantitative estimate of drug-likeness (QED) is 0.225. The minimum atomic E-state index is -2.59. The zero-order valence-electron chi connectivity index (χ0n) is 23.7. The molecule has 0 radical (unpaired) electrons. The molecule has 1 amide bonds. The Bertz CT molecular complexity index is 1670. The molecule has 1 saturated carbocycles. The van der Waals surface area contributed by atoms with Gasteiger partial charge in [0.05, 0.1) is 42.3 Å². The molecule has 3 aromatic carbocycles. The first-order valence-electron chi connectivity index (χ1n) is 14.6. The predicted molar refractivity (Wildman–Crippen MR) is 166 cm³/mol. The van der Waals surface area contributed by atoms with E-state index in [-0.39, 0.29) is 12.0 Å². The number of fused-ring (bicyclic) bond motifs is 2. The van der Waals surface area contributed by atoms with Crippen molar-refractivity contribution in [3.63, 3.8) is 0 Å². The van der Waals surface area contributed by atoms with Gasteiger partial charge < -0.3 is 18.9 Å². The molecule has 2 aliphatic heterocycles. The van der Waals surface area contributed by atoms with Gasteiger partial charge in [0.1, 0.15) is 17.6 Å². The molecule has 7 rings (SSSR count). The number of amides is 1. The number of anilines is 1. The molecule has 1 aliphatic carbocycles. The smallest absolute Gasteiger partial charge is 0.238 e. The molecule has 42 heavy (non-hydrogen) atoms. The van der Waals surface area contributed by atoms with Gasteiger partial charge in [-0.1, -0.05) is 36.8 Å². The highest BCUT2D eigenvalue weighted by atomic mass is 32.3. The van der Waals surface area contributed by atoms with Crippen LogP contribution in [0.3, 0.4) is 0 Å². The first kappa shape index (κ1) is 26.9. The minimum absolute atomic E-state index is 0.120. The second-order valence-corrected chi connectivity index (χ2v) is 14.4. The van der Waals surface area contributed by atoms with Crippen LogP contribution in [0.2, 0.25) is 0 Å². The number of ether oxygens (including phenoxy) is 2. The number of nitrogens with one attached hydrogen (secondary N) is 1. The number of carbonyl (C=O) groups excluding carboxylic acids is 1. The Morgan fingerprint density at radius 3 is 2.45 bits per heavy atom. The summed E-state index contributed by atoms with van der Waals surface area (Å²) in [6, 6.07) is 24.1. The van der Waals surface area contributed by atoms with Crippen molar-refractivity contribution < 1.29 is 18.8 Å². The normalized spacial score (nSPS) is 21.0.